The second kappa shape index (κ2) is 5.44. The smallest absolute Gasteiger partial charge is 0.246 e. The molecule has 4 amide bonds. The topological polar surface area (TPSA) is 137 Å². The van der Waals surface area contributed by atoms with Crippen LogP contribution in [-0.2, 0) is 19.2 Å². The Morgan fingerprint density at radius 1 is 0.917 bits per heavy atom. The predicted octanol–water partition coefficient (Wildman–Crippen LogP) is -2.33. The number of carbonyl (C=O) groups excluding carboxylic acids is 4. The molecule has 0 aromatic rings. The van der Waals surface area contributed by atoms with E-state index in [9.17, 15) is 24.3 Å². The van der Waals surface area contributed by atoms with Crippen molar-refractivity contribution < 1.29 is 24.3 Å². The van der Waals surface area contributed by atoms with E-state index in [1.807, 2.05) is 0 Å². The van der Waals surface area contributed by atoms with Gasteiger partial charge in [0.1, 0.15) is 23.2 Å². The van der Waals surface area contributed by atoms with E-state index in [1.54, 1.807) is 0 Å². The van der Waals surface area contributed by atoms with E-state index in [2.05, 4.69) is 21.3 Å². The summed E-state index contributed by atoms with van der Waals surface area (Å²) >= 11 is 0. The van der Waals surface area contributed by atoms with Crippen LogP contribution in [0.2, 0.25) is 0 Å². The minimum atomic E-state index is -1.19. The van der Waals surface area contributed by atoms with E-state index in [0.717, 1.165) is 0 Å². The van der Waals surface area contributed by atoms with E-state index in [0.29, 0.717) is 25.7 Å². The van der Waals surface area contributed by atoms with Crippen LogP contribution in [0.4, 0.5) is 0 Å². The van der Waals surface area contributed by atoms with Gasteiger partial charge in [0, 0.05) is 0 Å². The zero-order valence-electron chi connectivity index (χ0n) is 13.6. The van der Waals surface area contributed by atoms with Crippen LogP contribution in [0.3, 0.4) is 0 Å². The molecule has 2 aliphatic carbocycles. The number of carbonyl (C=O) groups is 4. The van der Waals surface area contributed by atoms with Crippen molar-refractivity contribution in [3.63, 3.8) is 0 Å². The molecule has 9 nitrogen and oxygen atoms in total. The van der Waals surface area contributed by atoms with Crippen molar-refractivity contribution in [2.75, 3.05) is 0 Å². The molecule has 0 bridgehead atoms. The van der Waals surface area contributed by atoms with Crippen LogP contribution in [0, 0.1) is 0 Å². The molecule has 2 spiro atoms. The second-order valence-corrected chi connectivity index (χ2v) is 7.03. The molecule has 0 unspecified atom stereocenters. The number of aliphatic hydroxyl groups excluding tert-OH is 1. The first-order chi connectivity index (χ1) is 11.2. The average Bonchev–Trinajstić information content (AvgIpc) is 3.40. The maximum absolute atomic E-state index is 12.5. The highest BCUT2D eigenvalue weighted by Crippen LogP contribution is 2.37. The van der Waals surface area contributed by atoms with Gasteiger partial charge in [-0.25, -0.2) is 0 Å². The highest BCUT2D eigenvalue weighted by Gasteiger charge is 2.56. The first kappa shape index (κ1) is 16.7. The van der Waals surface area contributed by atoms with E-state index < -0.39 is 52.9 Å². The number of aliphatic hydroxyl groups is 1. The lowest BCUT2D eigenvalue weighted by atomic mass is 10.1. The third kappa shape index (κ3) is 2.83. The average molecular weight is 338 g/mol. The van der Waals surface area contributed by atoms with Gasteiger partial charge in [-0.2, -0.15) is 0 Å². The summed E-state index contributed by atoms with van der Waals surface area (Å²) in [5, 5.41) is 20.2. The molecule has 0 aromatic heterocycles. The quantitative estimate of drug-likeness (QED) is 0.365. The summed E-state index contributed by atoms with van der Waals surface area (Å²) in [5.74, 6) is -1.99. The Kier molecular flexibility index (Phi) is 3.78. The van der Waals surface area contributed by atoms with Gasteiger partial charge >= 0.3 is 0 Å². The van der Waals surface area contributed by atoms with Crippen LogP contribution in [0.5, 0.6) is 0 Å². The largest absolute Gasteiger partial charge is 0.391 e. The molecule has 132 valence electrons. The molecule has 9 heteroatoms. The van der Waals surface area contributed by atoms with E-state index in [-0.39, 0.29) is 0 Å². The summed E-state index contributed by atoms with van der Waals surface area (Å²) in [6.07, 6.45) is 0.653. The highest BCUT2D eigenvalue weighted by atomic mass is 16.3. The van der Waals surface area contributed by atoms with Crippen molar-refractivity contribution in [1.29, 1.82) is 0 Å². The number of amides is 4. The molecular weight excluding hydrogens is 316 g/mol. The zero-order chi connectivity index (χ0) is 17.7. The molecular formula is C15H22N4O5. The molecule has 3 atom stereocenters. The van der Waals surface area contributed by atoms with Crippen molar-refractivity contribution in [2.24, 2.45) is 0 Å². The lowest BCUT2D eigenvalue weighted by Crippen LogP contribution is -2.64. The Morgan fingerprint density at radius 3 is 1.83 bits per heavy atom. The van der Waals surface area contributed by atoms with Crippen molar-refractivity contribution in [3.8, 4) is 0 Å². The van der Waals surface area contributed by atoms with Crippen LogP contribution in [0.25, 0.3) is 0 Å². The van der Waals surface area contributed by atoms with Crippen LogP contribution in [0.1, 0.15) is 39.5 Å². The van der Waals surface area contributed by atoms with Gasteiger partial charge in [0.25, 0.3) is 0 Å². The van der Waals surface area contributed by atoms with Crippen LogP contribution < -0.4 is 21.3 Å². The van der Waals surface area contributed by atoms with Gasteiger partial charge in [-0.3, -0.25) is 19.2 Å². The fourth-order valence-electron chi connectivity index (χ4n) is 2.81. The summed E-state index contributed by atoms with van der Waals surface area (Å²) < 4.78 is 0. The third-order valence-electron chi connectivity index (χ3n) is 4.89. The SMILES string of the molecule is C[C@@H]1NC(=O)C2(CC2)NC(=O)[C@H]([C@@H](C)O)NC(=O)C2(CC2)NC1=O. The summed E-state index contributed by atoms with van der Waals surface area (Å²) in [6.45, 7) is 2.92. The molecule has 3 aliphatic rings. The summed E-state index contributed by atoms with van der Waals surface area (Å²) in [4.78, 5) is 49.5. The normalized spacial score (nSPS) is 32.6. The molecule has 1 heterocycles. The van der Waals surface area contributed by atoms with E-state index >= 15 is 0 Å². The van der Waals surface area contributed by atoms with Gasteiger partial charge in [0.15, 0.2) is 0 Å². The van der Waals surface area contributed by atoms with Gasteiger partial charge in [-0.05, 0) is 39.5 Å². The van der Waals surface area contributed by atoms with Crippen molar-refractivity contribution in [1.82, 2.24) is 21.3 Å². The molecule has 2 saturated carbocycles. The number of rotatable bonds is 1. The van der Waals surface area contributed by atoms with E-state index in [4.69, 9.17) is 0 Å². The molecule has 0 radical (unpaired) electrons. The predicted molar refractivity (Wildman–Crippen MR) is 81.4 cm³/mol. The molecule has 0 aromatic carbocycles. The summed E-state index contributed by atoms with van der Waals surface area (Å²) in [7, 11) is 0. The standard InChI is InChI=1S/C15H22N4O5/c1-7-10(21)18-15(5-6-15)13(24)17-9(8(2)20)11(22)19-14(3-4-14)12(23)16-7/h7-9,20H,3-6H2,1-2H3,(H,16,23)(H,17,24)(H,18,21)(H,19,22)/t7-,8+,9-/m0/s1. The highest BCUT2D eigenvalue weighted by molar-refractivity contribution is 6.02. The summed E-state index contributed by atoms with van der Waals surface area (Å²) in [6, 6.07) is -2.00. The van der Waals surface area contributed by atoms with Crippen molar-refractivity contribution in [2.45, 2.75) is 68.8 Å². The van der Waals surface area contributed by atoms with Gasteiger partial charge in [-0.15, -0.1) is 0 Å². The van der Waals surface area contributed by atoms with Crippen LogP contribution >= 0.6 is 0 Å². The molecule has 3 rings (SSSR count). The molecule has 5 N–H and O–H groups in total. The number of hydrogen-bond donors (Lipinski definition) is 5. The minimum Gasteiger partial charge on any atom is -0.391 e. The maximum Gasteiger partial charge on any atom is 0.246 e. The molecule has 1 aliphatic heterocycles. The fraction of sp³-hybridized carbons (Fsp3) is 0.733. The lowest BCUT2D eigenvalue weighted by molar-refractivity contribution is -0.139. The monoisotopic (exact) mass is 338 g/mol. The Bertz CT molecular complexity index is 603. The molecule has 3 fully saturated rings. The van der Waals surface area contributed by atoms with E-state index in [1.165, 1.54) is 13.8 Å². The number of hydrogen-bond acceptors (Lipinski definition) is 5. The van der Waals surface area contributed by atoms with Crippen molar-refractivity contribution >= 4 is 23.6 Å². The zero-order valence-corrected chi connectivity index (χ0v) is 13.6. The Hall–Kier alpha value is -2.16. The van der Waals surface area contributed by atoms with Crippen LogP contribution in [-0.4, -0.2) is 58.0 Å². The maximum atomic E-state index is 12.5. The second-order valence-electron chi connectivity index (χ2n) is 7.03. The number of nitrogens with one attached hydrogen (secondary N) is 4. The molecule has 24 heavy (non-hydrogen) atoms. The third-order valence-corrected chi connectivity index (χ3v) is 4.89. The minimum absolute atomic E-state index is 0.431. The Balaban J connectivity index is 1.88. The molecule has 1 saturated heterocycles. The Morgan fingerprint density at radius 2 is 1.38 bits per heavy atom. The fourth-order valence-corrected chi connectivity index (χ4v) is 2.81. The first-order valence-electron chi connectivity index (χ1n) is 8.13. The summed E-state index contributed by atoms with van der Waals surface area (Å²) in [5.41, 5.74) is -2.14. The van der Waals surface area contributed by atoms with Gasteiger partial charge < -0.3 is 26.4 Å². The lowest BCUT2D eigenvalue weighted by Gasteiger charge is -2.29. The van der Waals surface area contributed by atoms with Crippen LogP contribution in [0.15, 0.2) is 0 Å². The van der Waals surface area contributed by atoms with Gasteiger partial charge in [-0.1, -0.05) is 0 Å². The Labute approximate surface area is 138 Å². The first-order valence-corrected chi connectivity index (χ1v) is 8.13. The van der Waals surface area contributed by atoms with Gasteiger partial charge in [0.05, 0.1) is 6.10 Å². The van der Waals surface area contributed by atoms with Crippen molar-refractivity contribution in [3.05, 3.63) is 0 Å². The van der Waals surface area contributed by atoms with Gasteiger partial charge in [0.2, 0.25) is 23.6 Å².